The zero-order chi connectivity index (χ0) is 14.1. The molecule has 1 saturated carbocycles. The average Bonchev–Trinajstić information content (AvgIpc) is 2.37. The van der Waals surface area contributed by atoms with Gasteiger partial charge in [0.2, 0.25) is 0 Å². The minimum atomic E-state index is -0.604. The molecule has 1 unspecified atom stereocenters. The van der Waals surface area contributed by atoms with Crippen molar-refractivity contribution in [1.82, 2.24) is 15.3 Å². The maximum Gasteiger partial charge on any atom is 0.314 e. The third-order valence-corrected chi connectivity index (χ3v) is 4.15. The minimum absolute atomic E-state index is 0.327. The summed E-state index contributed by atoms with van der Waals surface area (Å²) in [5, 5.41) is 3.53. The molecule has 0 amide bonds. The number of rotatable bonds is 4. The quantitative estimate of drug-likeness (QED) is 0.741. The number of aromatic amines is 2. The van der Waals surface area contributed by atoms with Crippen LogP contribution in [-0.2, 0) is 0 Å². The predicted octanol–water partition coefficient (Wildman–Crippen LogP) is 1.67. The van der Waals surface area contributed by atoms with Gasteiger partial charge < -0.3 is 15.3 Å². The summed E-state index contributed by atoms with van der Waals surface area (Å²) in [5.41, 5.74) is 1.33. The van der Waals surface area contributed by atoms with Gasteiger partial charge in [0.15, 0.2) is 0 Å². The van der Waals surface area contributed by atoms with Crippen LogP contribution in [0.15, 0.2) is 27.8 Å². The molecule has 0 bridgehead atoms. The Morgan fingerprint density at radius 1 is 1.20 bits per heavy atom. The first-order valence-electron chi connectivity index (χ1n) is 7.18. The van der Waals surface area contributed by atoms with Crippen LogP contribution >= 0.6 is 0 Å². The molecule has 106 valence electrons. The van der Waals surface area contributed by atoms with Gasteiger partial charge in [-0.1, -0.05) is 19.4 Å². The summed E-state index contributed by atoms with van der Waals surface area (Å²) < 4.78 is 0. The van der Waals surface area contributed by atoms with Crippen molar-refractivity contribution in [3.05, 3.63) is 44.5 Å². The van der Waals surface area contributed by atoms with Gasteiger partial charge in [-0.3, -0.25) is 9.59 Å². The van der Waals surface area contributed by atoms with E-state index in [-0.39, 0.29) is 0 Å². The van der Waals surface area contributed by atoms with Crippen molar-refractivity contribution >= 4 is 11.0 Å². The van der Waals surface area contributed by atoms with Crippen molar-refractivity contribution in [2.75, 3.05) is 6.54 Å². The molecule has 1 aromatic heterocycles. The van der Waals surface area contributed by atoms with Crippen LogP contribution in [0.2, 0.25) is 0 Å². The van der Waals surface area contributed by atoms with Crippen LogP contribution in [0.1, 0.15) is 37.8 Å². The van der Waals surface area contributed by atoms with Crippen LogP contribution in [0.3, 0.4) is 0 Å². The van der Waals surface area contributed by atoms with Crippen molar-refractivity contribution in [3.63, 3.8) is 0 Å². The van der Waals surface area contributed by atoms with Gasteiger partial charge in [0.05, 0.1) is 11.0 Å². The van der Waals surface area contributed by atoms with Crippen molar-refractivity contribution in [2.24, 2.45) is 5.92 Å². The molecule has 3 N–H and O–H groups in total. The second-order valence-electron chi connectivity index (χ2n) is 5.44. The Balaban J connectivity index is 2.04. The first-order valence-corrected chi connectivity index (χ1v) is 7.18. The second-order valence-corrected chi connectivity index (χ2v) is 5.44. The maximum atomic E-state index is 11.4. The first kappa shape index (κ1) is 13.1. The van der Waals surface area contributed by atoms with Crippen LogP contribution in [0.4, 0.5) is 0 Å². The van der Waals surface area contributed by atoms with E-state index in [4.69, 9.17) is 0 Å². The van der Waals surface area contributed by atoms with Crippen LogP contribution in [0.25, 0.3) is 11.0 Å². The third-order valence-electron chi connectivity index (χ3n) is 4.15. The standard InChI is InChI=1S/C15H19N3O2/c1-2-16-13(9-4-3-5-9)10-6-7-11-12(8-10)18-15(20)14(19)17-11/h6-9,13,16H,2-5H2,1H3,(H,17,19)(H,18,20). The predicted molar refractivity (Wildman–Crippen MR) is 78.9 cm³/mol. The van der Waals surface area contributed by atoms with Gasteiger partial charge in [-0.2, -0.15) is 0 Å². The average molecular weight is 273 g/mol. The lowest BCUT2D eigenvalue weighted by Gasteiger charge is -2.34. The largest absolute Gasteiger partial charge is 0.316 e. The van der Waals surface area contributed by atoms with Gasteiger partial charge in [-0.15, -0.1) is 0 Å². The van der Waals surface area contributed by atoms with Gasteiger partial charge in [0.1, 0.15) is 0 Å². The molecule has 0 spiro atoms. The molecule has 1 aromatic carbocycles. The van der Waals surface area contributed by atoms with Crippen molar-refractivity contribution in [1.29, 1.82) is 0 Å². The van der Waals surface area contributed by atoms with Crippen molar-refractivity contribution in [2.45, 2.75) is 32.2 Å². The molecule has 2 aromatic rings. The molecule has 20 heavy (non-hydrogen) atoms. The minimum Gasteiger partial charge on any atom is -0.316 e. The lowest BCUT2D eigenvalue weighted by atomic mass is 9.77. The van der Waals surface area contributed by atoms with E-state index in [0.717, 1.165) is 6.54 Å². The number of hydrogen-bond donors (Lipinski definition) is 3. The number of fused-ring (bicyclic) bond motifs is 1. The Hall–Kier alpha value is -1.88. The summed E-state index contributed by atoms with van der Waals surface area (Å²) in [6.07, 6.45) is 3.79. The Kier molecular flexibility index (Phi) is 3.44. The molecular formula is C15H19N3O2. The molecule has 5 heteroatoms. The molecule has 3 rings (SSSR count). The molecular weight excluding hydrogens is 254 g/mol. The smallest absolute Gasteiger partial charge is 0.314 e. The lowest BCUT2D eigenvalue weighted by Crippen LogP contribution is -2.32. The number of nitrogens with one attached hydrogen (secondary N) is 3. The highest BCUT2D eigenvalue weighted by Crippen LogP contribution is 2.37. The van der Waals surface area contributed by atoms with E-state index in [2.05, 4.69) is 22.2 Å². The number of H-pyrrole nitrogens is 2. The highest BCUT2D eigenvalue weighted by Gasteiger charge is 2.27. The highest BCUT2D eigenvalue weighted by molar-refractivity contribution is 5.74. The molecule has 1 aliphatic carbocycles. The Labute approximate surface area is 116 Å². The number of aromatic nitrogens is 2. The molecule has 0 radical (unpaired) electrons. The fourth-order valence-corrected chi connectivity index (χ4v) is 2.88. The summed E-state index contributed by atoms with van der Waals surface area (Å²) in [6.45, 7) is 3.02. The Morgan fingerprint density at radius 3 is 2.50 bits per heavy atom. The van der Waals surface area contributed by atoms with E-state index in [9.17, 15) is 9.59 Å². The fourth-order valence-electron chi connectivity index (χ4n) is 2.88. The van der Waals surface area contributed by atoms with Gasteiger partial charge in [0, 0.05) is 6.04 Å². The van der Waals surface area contributed by atoms with E-state index in [0.29, 0.717) is 23.0 Å². The number of benzene rings is 1. The summed E-state index contributed by atoms with van der Waals surface area (Å²) in [7, 11) is 0. The lowest BCUT2D eigenvalue weighted by molar-refractivity contribution is 0.233. The van der Waals surface area contributed by atoms with Crippen LogP contribution < -0.4 is 16.4 Å². The second kappa shape index (κ2) is 5.25. The van der Waals surface area contributed by atoms with Crippen molar-refractivity contribution in [3.8, 4) is 0 Å². The molecule has 1 aliphatic rings. The van der Waals surface area contributed by atoms with Gasteiger partial charge >= 0.3 is 11.1 Å². The molecule has 1 fully saturated rings. The molecule has 0 saturated heterocycles. The maximum absolute atomic E-state index is 11.4. The van der Waals surface area contributed by atoms with E-state index >= 15 is 0 Å². The summed E-state index contributed by atoms with van der Waals surface area (Å²) >= 11 is 0. The molecule has 1 atom stereocenters. The van der Waals surface area contributed by atoms with Gasteiger partial charge in [-0.05, 0) is 43.0 Å². The summed E-state index contributed by atoms with van der Waals surface area (Å²) in [5.74, 6) is 0.668. The third kappa shape index (κ3) is 2.29. The molecule has 5 nitrogen and oxygen atoms in total. The van der Waals surface area contributed by atoms with Crippen LogP contribution in [0, 0.1) is 5.92 Å². The Morgan fingerprint density at radius 2 is 1.90 bits per heavy atom. The first-order chi connectivity index (χ1) is 9.69. The molecule has 1 heterocycles. The van der Waals surface area contributed by atoms with E-state index in [1.54, 1.807) is 0 Å². The summed E-state index contributed by atoms with van der Waals surface area (Å²) in [4.78, 5) is 28.0. The zero-order valence-electron chi connectivity index (χ0n) is 11.5. The number of hydrogen-bond acceptors (Lipinski definition) is 3. The SMILES string of the molecule is CCNC(c1ccc2[nH]c(=O)c(=O)[nH]c2c1)C1CCC1. The van der Waals surface area contributed by atoms with Gasteiger partial charge in [0.25, 0.3) is 0 Å². The summed E-state index contributed by atoms with van der Waals surface area (Å²) in [6, 6.07) is 6.19. The fraction of sp³-hybridized carbons (Fsp3) is 0.467. The van der Waals surface area contributed by atoms with E-state index < -0.39 is 11.1 Å². The Bertz CT molecular complexity index is 728. The van der Waals surface area contributed by atoms with Crippen LogP contribution in [-0.4, -0.2) is 16.5 Å². The van der Waals surface area contributed by atoms with Gasteiger partial charge in [-0.25, -0.2) is 0 Å². The van der Waals surface area contributed by atoms with E-state index in [1.807, 2.05) is 18.2 Å². The molecule has 0 aliphatic heterocycles. The topological polar surface area (TPSA) is 77.8 Å². The monoisotopic (exact) mass is 273 g/mol. The zero-order valence-corrected chi connectivity index (χ0v) is 11.5. The van der Waals surface area contributed by atoms with Crippen molar-refractivity contribution < 1.29 is 0 Å². The normalized spacial score (nSPS) is 17.1. The van der Waals surface area contributed by atoms with Crippen LogP contribution in [0.5, 0.6) is 0 Å². The van der Waals surface area contributed by atoms with E-state index in [1.165, 1.54) is 24.8 Å². The highest BCUT2D eigenvalue weighted by atomic mass is 16.2.